The van der Waals surface area contributed by atoms with Crippen molar-refractivity contribution in [2.24, 2.45) is 5.10 Å². The van der Waals surface area contributed by atoms with Gasteiger partial charge in [-0.15, -0.1) is 0 Å². The second-order valence-electron chi connectivity index (χ2n) is 7.07. The SMILES string of the molecule is O=C(COc1ccc2ccccc2c1)N/N=C\c1ccc(OCc2ccc(Cl)cc2)cc1. The Labute approximate surface area is 191 Å². The number of rotatable bonds is 8. The molecule has 0 fully saturated rings. The van der Waals surface area contributed by atoms with E-state index in [0.29, 0.717) is 17.4 Å². The fourth-order valence-corrected chi connectivity index (χ4v) is 3.14. The molecule has 1 N–H and O–H groups in total. The summed E-state index contributed by atoms with van der Waals surface area (Å²) in [6.07, 6.45) is 1.57. The van der Waals surface area contributed by atoms with Crippen molar-refractivity contribution < 1.29 is 14.3 Å². The van der Waals surface area contributed by atoms with Crippen molar-refractivity contribution in [2.75, 3.05) is 6.61 Å². The maximum absolute atomic E-state index is 12.0. The zero-order chi connectivity index (χ0) is 22.2. The molecule has 0 saturated heterocycles. The molecule has 4 rings (SSSR count). The molecule has 32 heavy (non-hydrogen) atoms. The van der Waals surface area contributed by atoms with Crippen molar-refractivity contribution in [3.05, 3.63) is 107 Å². The van der Waals surface area contributed by atoms with Gasteiger partial charge >= 0.3 is 0 Å². The number of nitrogens with one attached hydrogen (secondary N) is 1. The van der Waals surface area contributed by atoms with E-state index in [-0.39, 0.29) is 12.5 Å². The fraction of sp³-hybridized carbons (Fsp3) is 0.0769. The molecule has 0 aromatic heterocycles. The number of fused-ring (bicyclic) bond motifs is 1. The molecule has 0 atom stereocenters. The lowest BCUT2D eigenvalue weighted by atomic mass is 10.1. The molecule has 0 bridgehead atoms. The van der Waals surface area contributed by atoms with Crippen LogP contribution in [0.3, 0.4) is 0 Å². The molecule has 4 aromatic rings. The minimum atomic E-state index is -0.336. The lowest BCUT2D eigenvalue weighted by Crippen LogP contribution is -2.24. The number of ether oxygens (including phenoxy) is 2. The van der Waals surface area contributed by atoms with Crippen molar-refractivity contribution in [2.45, 2.75) is 6.61 Å². The molecule has 0 spiro atoms. The Morgan fingerprint density at radius 2 is 1.56 bits per heavy atom. The lowest BCUT2D eigenvalue weighted by molar-refractivity contribution is -0.123. The van der Waals surface area contributed by atoms with Crippen LogP contribution in [-0.2, 0) is 11.4 Å². The van der Waals surface area contributed by atoms with Crippen LogP contribution in [0.5, 0.6) is 11.5 Å². The molecule has 0 heterocycles. The molecule has 160 valence electrons. The average molecular weight is 445 g/mol. The molecule has 0 saturated carbocycles. The quantitative estimate of drug-likeness (QED) is 0.284. The summed E-state index contributed by atoms with van der Waals surface area (Å²) in [4.78, 5) is 12.0. The number of halogens is 1. The van der Waals surface area contributed by atoms with Crippen molar-refractivity contribution in [1.82, 2.24) is 5.43 Å². The largest absolute Gasteiger partial charge is 0.489 e. The first-order valence-corrected chi connectivity index (χ1v) is 10.4. The molecule has 6 heteroatoms. The van der Waals surface area contributed by atoms with Crippen LogP contribution < -0.4 is 14.9 Å². The minimum absolute atomic E-state index is 0.118. The van der Waals surface area contributed by atoms with Gasteiger partial charge in [-0.3, -0.25) is 4.79 Å². The zero-order valence-corrected chi connectivity index (χ0v) is 18.0. The second-order valence-corrected chi connectivity index (χ2v) is 7.51. The summed E-state index contributed by atoms with van der Waals surface area (Å²) < 4.78 is 11.3. The minimum Gasteiger partial charge on any atom is -0.489 e. The zero-order valence-electron chi connectivity index (χ0n) is 17.2. The van der Waals surface area contributed by atoms with Crippen LogP contribution in [0, 0.1) is 0 Å². The molecular formula is C26H21ClN2O3. The van der Waals surface area contributed by atoms with Gasteiger partial charge in [0.25, 0.3) is 5.91 Å². The number of amides is 1. The highest BCUT2D eigenvalue weighted by molar-refractivity contribution is 6.30. The number of carbonyl (C=O) groups excluding carboxylic acids is 1. The number of hydrogen-bond acceptors (Lipinski definition) is 4. The van der Waals surface area contributed by atoms with Crippen LogP contribution in [0.15, 0.2) is 96.1 Å². The first-order valence-electron chi connectivity index (χ1n) is 10.1. The smallest absolute Gasteiger partial charge is 0.277 e. The summed E-state index contributed by atoms with van der Waals surface area (Å²) in [5, 5.41) is 6.86. The van der Waals surface area contributed by atoms with Crippen LogP contribution in [-0.4, -0.2) is 18.7 Å². The predicted octanol–water partition coefficient (Wildman–Crippen LogP) is 5.60. The Hall–Kier alpha value is -3.83. The molecule has 1 amide bonds. The van der Waals surface area contributed by atoms with E-state index in [9.17, 15) is 4.79 Å². The number of carbonyl (C=O) groups is 1. The third kappa shape index (κ3) is 6.09. The molecular weight excluding hydrogens is 424 g/mol. The Morgan fingerprint density at radius 3 is 2.34 bits per heavy atom. The van der Waals surface area contributed by atoms with E-state index in [2.05, 4.69) is 10.5 Å². The maximum Gasteiger partial charge on any atom is 0.277 e. The highest BCUT2D eigenvalue weighted by Gasteiger charge is 2.03. The predicted molar refractivity (Wildman–Crippen MR) is 127 cm³/mol. The fourth-order valence-electron chi connectivity index (χ4n) is 3.01. The summed E-state index contributed by atoms with van der Waals surface area (Å²) in [5.74, 6) is 1.04. The molecule has 4 aromatic carbocycles. The topological polar surface area (TPSA) is 59.9 Å². The van der Waals surface area contributed by atoms with Crippen molar-refractivity contribution in [1.29, 1.82) is 0 Å². The Balaban J connectivity index is 1.22. The number of hydrogen-bond donors (Lipinski definition) is 1. The van der Waals surface area contributed by atoms with Gasteiger partial charge in [0.1, 0.15) is 18.1 Å². The molecule has 0 aliphatic carbocycles. The molecule has 5 nitrogen and oxygen atoms in total. The van der Waals surface area contributed by atoms with E-state index >= 15 is 0 Å². The highest BCUT2D eigenvalue weighted by atomic mass is 35.5. The Kier molecular flexibility index (Phi) is 7.00. The van der Waals surface area contributed by atoms with Gasteiger partial charge in [-0.2, -0.15) is 5.10 Å². The molecule has 0 aliphatic heterocycles. The monoisotopic (exact) mass is 444 g/mol. The summed E-state index contributed by atoms with van der Waals surface area (Å²) >= 11 is 5.89. The number of benzene rings is 4. The van der Waals surface area contributed by atoms with Gasteiger partial charge < -0.3 is 9.47 Å². The molecule has 0 aliphatic rings. The van der Waals surface area contributed by atoms with E-state index in [4.69, 9.17) is 21.1 Å². The number of nitrogens with zero attached hydrogens (tertiary/aromatic N) is 1. The first kappa shape index (κ1) is 21.4. The Morgan fingerprint density at radius 1 is 0.844 bits per heavy atom. The Bertz CT molecular complexity index is 1220. The third-order valence-corrected chi connectivity index (χ3v) is 4.94. The number of hydrazone groups is 1. The van der Waals surface area contributed by atoms with E-state index in [1.807, 2.05) is 91.0 Å². The van der Waals surface area contributed by atoms with Crippen molar-refractivity contribution >= 4 is 34.5 Å². The summed E-state index contributed by atoms with van der Waals surface area (Å²) in [6.45, 7) is 0.338. The normalized spacial score (nSPS) is 10.9. The standard InChI is InChI=1S/C26H21ClN2O3/c27-23-10-5-20(6-11-23)17-31-24-12-7-19(8-13-24)16-28-29-26(30)18-32-25-14-9-21-3-1-2-4-22(21)15-25/h1-16H,17-18H2,(H,29,30)/b28-16-. The van der Waals surface area contributed by atoms with Gasteiger partial charge in [-0.05, 0) is 70.4 Å². The van der Waals surface area contributed by atoms with Crippen LogP contribution >= 0.6 is 11.6 Å². The summed E-state index contributed by atoms with van der Waals surface area (Å²) in [6, 6.07) is 28.6. The van der Waals surface area contributed by atoms with Gasteiger partial charge in [-0.25, -0.2) is 5.43 Å². The van der Waals surface area contributed by atoms with Gasteiger partial charge in [0, 0.05) is 5.02 Å². The van der Waals surface area contributed by atoms with Crippen molar-refractivity contribution in [3.63, 3.8) is 0 Å². The van der Waals surface area contributed by atoms with Crippen LogP contribution in [0.2, 0.25) is 5.02 Å². The van der Waals surface area contributed by atoms with E-state index < -0.39 is 0 Å². The second kappa shape index (κ2) is 10.5. The summed E-state index contributed by atoms with van der Waals surface area (Å²) in [5.41, 5.74) is 4.34. The van der Waals surface area contributed by atoms with Crippen molar-refractivity contribution in [3.8, 4) is 11.5 Å². The molecule has 0 unspecified atom stereocenters. The van der Waals surface area contributed by atoms with Gasteiger partial charge in [0.05, 0.1) is 6.21 Å². The van der Waals surface area contributed by atoms with Gasteiger partial charge in [0.2, 0.25) is 0 Å². The maximum atomic E-state index is 12.0. The van der Waals surface area contributed by atoms with Gasteiger partial charge in [-0.1, -0.05) is 54.1 Å². The third-order valence-electron chi connectivity index (χ3n) is 4.69. The average Bonchev–Trinajstić information content (AvgIpc) is 2.83. The van der Waals surface area contributed by atoms with Crippen LogP contribution in [0.4, 0.5) is 0 Å². The lowest BCUT2D eigenvalue weighted by Gasteiger charge is -2.07. The van der Waals surface area contributed by atoms with E-state index in [0.717, 1.165) is 27.6 Å². The molecule has 0 radical (unpaired) electrons. The van der Waals surface area contributed by atoms with Gasteiger partial charge in [0.15, 0.2) is 6.61 Å². The van der Waals surface area contributed by atoms with E-state index in [1.165, 1.54) is 0 Å². The van der Waals surface area contributed by atoms with E-state index in [1.54, 1.807) is 6.21 Å². The summed E-state index contributed by atoms with van der Waals surface area (Å²) in [7, 11) is 0. The first-order chi connectivity index (χ1) is 15.7. The van der Waals surface area contributed by atoms with Crippen LogP contribution in [0.1, 0.15) is 11.1 Å². The van der Waals surface area contributed by atoms with Crippen LogP contribution in [0.25, 0.3) is 10.8 Å². The highest BCUT2D eigenvalue weighted by Crippen LogP contribution is 2.20.